The molecule has 0 unspecified atom stereocenters. The highest BCUT2D eigenvalue weighted by atomic mass is 35.5. The predicted octanol–water partition coefficient (Wildman–Crippen LogP) is 2.02. The van der Waals surface area contributed by atoms with Crippen LogP contribution in [0.2, 0.25) is 5.02 Å². The van der Waals surface area contributed by atoms with E-state index in [4.69, 9.17) is 17.3 Å². The number of nitrogen functional groups attached to an aromatic ring is 1. The fraction of sp³-hybridized carbons (Fsp3) is 0.111. The lowest BCUT2D eigenvalue weighted by Crippen LogP contribution is -1.91. The molecular weight excluding hydrogens is 200 g/mol. The third-order valence-electron chi connectivity index (χ3n) is 1.85. The number of nitrogens with two attached hydrogens (primary N) is 1. The minimum absolute atomic E-state index is 0.572. The van der Waals surface area contributed by atoms with E-state index in [9.17, 15) is 0 Å². The van der Waals surface area contributed by atoms with Crippen LogP contribution in [-0.4, -0.2) is 15.2 Å². The van der Waals surface area contributed by atoms with Gasteiger partial charge in [-0.3, -0.25) is 5.10 Å². The largest absolute Gasteiger partial charge is 0.398 e. The number of anilines is 1. The van der Waals surface area contributed by atoms with Gasteiger partial charge in [-0.1, -0.05) is 11.6 Å². The van der Waals surface area contributed by atoms with Crippen molar-refractivity contribution in [3.05, 3.63) is 29.0 Å². The van der Waals surface area contributed by atoms with Gasteiger partial charge < -0.3 is 5.73 Å². The summed E-state index contributed by atoms with van der Waals surface area (Å²) in [6, 6.07) is 5.22. The number of hydrogen-bond acceptors (Lipinski definition) is 3. The monoisotopic (exact) mass is 208 g/mol. The van der Waals surface area contributed by atoms with E-state index < -0.39 is 0 Å². The Morgan fingerprint density at radius 1 is 1.43 bits per heavy atom. The summed E-state index contributed by atoms with van der Waals surface area (Å²) in [5, 5.41) is 7.39. The van der Waals surface area contributed by atoms with Gasteiger partial charge in [-0.2, -0.15) is 5.10 Å². The van der Waals surface area contributed by atoms with Crippen LogP contribution in [0.15, 0.2) is 18.2 Å². The molecule has 0 fully saturated rings. The van der Waals surface area contributed by atoms with Crippen molar-refractivity contribution in [1.29, 1.82) is 0 Å². The lowest BCUT2D eigenvalue weighted by Gasteiger charge is -2.00. The number of rotatable bonds is 1. The first-order chi connectivity index (χ1) is 6.66. The predicted molar refractivity (Wildman–Crippen MR) is 56.0 cm³/mol. The first-order valence-electron chi connectivity index (χ1n) is 4.11. The molecule has 0 atom stereocenters. The molecule has 1 aromatic carbocycles. The van der Waals surface area contributed by atoms with Crippen molar-refractivity contribution in [1.82, 2.24) is 15.2 Å². The lowest BCUT2D eigenvalue weighted by molar-refractivity contribution is 1.04. The van der Waals surface area contributed by atoms with Crippen LogP contribution in [0.1, 0.15) is 5.82 Å². The topological polar surface area (TPSA) is 67.6 Å². The molecule has 2 aromatic rings. The molecule has 14 heavy (non-hydrogen) atoms. The van der Waals surface area contributed by atoms with Gasteiger partial charge in [0.1, 0.15) is 5.82 Å². The fourth-order valence-corrected chi connectivity index (χ4v) is 1.36. The lowest BCUT2D eigenvalue weighted by atomic mass is 10.2. The maximum atomic E-state index is 5.85. The van der Waals surface area contributed by atoms with Gasteiger partial charge in [0.2, 0.25) is 0 Å². The van der Waals surface area contributed by atoms with Crippen LogP contribution in [0.4, 0.5) is 5.69 Å². The number of nitrogens with one attached hydrogen (secondary N) is 1. The van der Waals surface area contributed by atoms with Gasteiger partial charge in [-0.05, 0) is 25.1 Å². The second kappa shape index (κ2) is 3.31. The Labute approximate surface area is 86.1 Å². The fourth-order valence-electron chi connectivity index (χ4n) is 1.19. The molecule has 5 heteroatoms. The van der Waals surface area contributed by atoms with Crippen LogP contribution in [-0.2, 0) is 0 Å². The van der Waals surface area contributed by atoms with Crippen LogP contribution >= 0.6 is 11.6 Å². The summed E-state index contributed by atoms with van der Waals surface area (Å²) in [7, 11) is 0. The highest BCUT2D eigenvalue weighted by Crippen LogP contribution is 2.25. The van der Waals surface area contributed by atoms with Crippen molar-refractivity contribution < 1.29 is 0 Å². The molecule has 3 N–H and O–H groups in total. The third kappa shape index (κ3) is 1.56. The van der Waals surface area contributed by atoms with Gasteiger partial charge in [0.25, 0.3) is 0 Å². The molecule has 1 aromatic heterocycles. The normalized spacial score (nSPS) is 10.4. The number of aryl methyl sites for hydroxylation is 1. The zero-order valence-electron chi connectivity index (χ0n) is 7.58. The van der Waals surface area contributed by atoms with Gasteiger partial charge in [-0.25, -0.2) is 4.98 Å². The van der Waals surface area contributed by atoms with Crippen LogP contribution in [0.5, 0.6) is 0 Å². The quantitative estimate of drug-likeness (QED) is 0.705. The van der Waals surface area contributed by atoms with E-state index in [1.165, 1.54) is 0 Å². The van der Waals surface area contributed by atoms with E-state index in [1.807, 2.05) is 6.92 Å². The molecule has 0 saturated carbocycles. The van der Waals surface area contributed by atoms with E-state index >= 15 is 0 Å². The van der Waals surface area contributed by atoms with Crippen molar-refractivity contribution in [2.24, 2.45) is 0 Å². The second-order valence-electron chi connectivity index (χ2n) is 2.98. The molecule has 0 aliphatic carbocycles. The summed E-state index contributed by atoms with van der Waals surface area (Å²) in [4.78, 5) is 4.18. The van der Waals surface area contributed by atoms with Crippen LogP contribution in [0, 0.1) is 6.92 Å². The van der Waals surface area contributed by atoms with Gasteiger partial charge >= 0.3 is 0 Å². The standard InChI is InChI=1S/C9H9ClN4/c1-5-12-9(14-13-5)7-4-6(10)2-3-8(7)11/h2-4H,11H2,1H3,(H,12,13,14). The maximum absolute atomic E-state index is 5.85. The van der Waals surface area contributed by atoms with E-state index in [-0.39, 0.29) is 0 Å². The number of aromatic nitrogens is 3. The molecule has 0 bridgehead atoms. The van der Waals surface area contributed by atoms with Crippen LogP contribution < -0.4 is 5.73 Å². The van der Waals surface area contributed by atoms with Gasteiger partial charge in [0, 0.05) is 16.3 Å². The van der Waals surface area contributed by atoms with Crippen molar-refractivity contribution in [3.63, 3.8) is 0 Å². The van der Waals surface area contributed by atoms with Gasteiger partial charge in [-0.15, -0.1) is 0 Å². The van der Waals surface area contributed by atoms with Gasteiger partial charge in [0.05, 0.1) is 0 Å². The number of hydrogen-bond donors (Lipinski definition) is 2. The van der Waals surface area contributed by atoms with E-state index in [2.05, 4.69) is 15.2 Å². The second-order valence-corrected chi connectivity index (χ2v) is 3.41. The maximum Gasteiger partial charge on any atom is 0.183 e. The molecule has 72 valence electrons. The third-order valence-corrected chi connectivity index (χ3v) is 2.09. The molecule has 0 aliphatic rings. The summed E-state index contributed by atoms with van der Waals surface area (Å²) in [5.41, 5.74) is 7.15. The first-order valence-corrected chi connectivity index (χ1v) is 4.49. The zero-order valence-corrected chi connectivity index (χ0v) is 8.34. The summed E-state index contributed by atoms with van der Waals surface area (Å²) >= 11 is 5.85. The Balaban J connectivity index is 2.55. The Morgan fingerprint density at radius 2 is 2.21 bits per heavy atom. The minimum atomic E-state index is 0.572. The SMILES string of the molecule is Cc1nc(-c2cc(Cl)ccc2N)n[nH]1. The Kier molecular flexibility index (Phi) is 2.13. The first kappa shape index (κ1) is 9.02. The van der Waals surface area contributed by atoms with E-state index in [1.54, 1.807) is 18.2 Å². The van der Waals surface area contributed by atoms with E-state index in [0.717, 1.165) is 11.4 Å². The molecule has 0 amide bonds. The van der Waals surface area contributed by atoms with Crippen LogP contribution in [0.25, 0.3) is 11.4 Å². The summed E-state index contributed by atoms with van der Waals surface area (Å²) in [6.07, 6.45) is 0. The summed E-state index contributed by atoms with van der Waals surface area (Å²) in [6.45, 7) is 1.83. The molecule has 0 radical (unpaired) electrons. The van der Waals surface area contributed by atoms with Crippen molar-refractivity contribution in [2.75, 3.05) is 5.73 Å². The van der Waals surface area contributed by atoms with Crippen molar-refractivity contribution in [3.8, 4) is 11.4 Å². The number of H-pyrrole nitrogens is 1. The van der Waals surface area contributed by atoms with E-state index in [0.29, 0.717) is 16.5 Å². The smallest absolute Gasteiger partial charge is 0.183 e. The average Bonchev–Trinajstić information content (AvgIpc) is 2.56. The van der Waals surface area contributed by atoms with Crippen LogP contribution in [0.3, 0.4) is 0 Å². The highest BCUT2D eigenvalue weighted by Gasteiger charge is 2.07. The molecular formula is C9H9ClN4. The number of halogens is 1. The Hall–Kier alpha value is -1.55. The molecule has 0 spiro atoms. The highest BCUT2D eigenvalue weighted by molar-refractivity contribution is 6.31. The number of aromatic amines is 1. The number of nitrogens with zero attached hydrogens (tertiary/aromatic N) is 2. The van der Waals surface area contributed by atoms with Gasteiger partial charge in [0.15, 0.2) is 5.82 Å². The molecule has 4 nitrogen and oxygen atoms in total. The Bertz CT molecular complexity index is 464. The molecule has 0 saturated heterocycles. The average molecular weight is 209 g/mol. The molecule has 1 heterocycles. The minimum Gasteiger partial charge on any atom is -0.398 e. The summed E-state index contributed by atoms with van der Waals surface area (Å²) in [5.74, 6) is 1.32. The molecule has 0 aliphatic heterocycles. The van der Waals surface area contributed by atoms with Crippen molar-refractivity contribution in [2.45, 2.75) is 6.92 Å². The van der Waals surface area contributed by atoms with Crippen molar-refractivity contribution >= 4 is 17.3 Å². The number of benzene rings is 1. The Morgan fingerprint density at radius 3 is 2.86 bits per heavy atom. The molecule has 2 rings (SSSR count). The zero-order chi connectivity index (χ0) is 10.1. The summed E-state index contributed by atoms with van der Waals surface area (Å²) < 4.78 is 0.